The highest BCUT2D eigenvalue weighted by Crippen LogP contribution is 2.30. The van der Waals surface area contributed by atoms with E-state index in [0.29, 0.717) is 11.5 Å². The van der Waals surface area contributed by atoms with Gasteiger partial charge in [-0.15, -0.1) is 0 Å². The van der Waals surface area contributed by atoms with Crippen LogP contribution in [0, 0.1) is 0 Å². The molecule has 0 spiro atoms. The molecule has 20 heavy (non-hydrogen) atoms. The van der Waals surface area contributed by atoms with Gasteiger partial charge in [-0.25, -0.2) is 0 Å². The maximum Gasteiger partial charge on any atom is 0.260 e. The second-order valence-electron chi connectivity index (χ2n) is 5.12. The summed E-state index contributed by atoms with van der Waals surface area (Å²) in [6.07, 6.45) is -0.590. The Morgan fingerprint density at radius 1 is 1.20 bits per heavy atom. The quantitative estimate of drug-likeness (QED) is 0.836. The first kappa shape index (κ1) is 16.3. The summed E-state index contributed by atoms with van der Waals surface area (Å²) in [7, 11) is 1.56. The Labute approximate surface area is 120 Å². The number of carbonyl (C=O) groups is 1. The normalized spacial score (nSPS) is 13.8. The Balaban J connectivity index is 2.84. The Morgan fingerprint density at radius 3 is 2.35 bits per heavy atom. The van der Waals surface area contributed by atoms with Crippen molar-refractivity contribution in [1.82, 2.24) is 5.32 Å². The van der Waals surface area contributed by atoms with Crippen molar-refractivity contribution >= 4 is 5.91 Å². The maximum atomic E-state index is 11.8. The smallest absolute Gasteiger partial charge is 0.260 e. The van der Waals surface area contributed by atoms with Crippen molar-refractivity contribution in [2.75, 3.05) is 7.11 Å². The first-order chi connectivity index (χ1) is 9.35. The topological polar surface area (TPSA) is 73.6 Å². The number of rotatable bonds is 6. The molecule has 1 aromatic rings. The molecule has 0 saturated carbocycles. The minimum atomic E-state index is -0.590. The molecule has 0 aromatic heterocycles. The third-order valence-electron chi connectivity index (χ3n) is 2.82. The molecule has 2 unspecified atom stereocenters. The van der Waals surface area contributed by atoms with Crippen LogP contribution < -0.4 is 20.5 Å². The maximum absolute atomic E-state index is 11.8. The van der Waals surface area contributed by atoms with Gasteiger partial charge in [0.2, 0.25) is 0 Å². The molecule has 2 atom stereocenters. The summed E-state index contributed by atoms with van der Waals surface area (Å²) in [5, 5.41) is 2.81. The van der Waals surface area contributed by atoms with Gasteiger partial charge in [-0.2, -0.15) is 0 Å². The van der Waals surface area contributed by atoms with Crippen LogP contribution in [-0.4, -0.2) is 25.2 Å². The predicted molar refractivity (Wildman–Crippen MR) is 79.0 cm³/mol. The Hall–Kier alpha value is -1.75. The molecule has 0 radical (unpaired) electrons. The van der Waals surface area contributed by atoms with Crippen LogP contribution >= 0.6 is 0 Å². The third kappa shape index (κ3) is 4.42. The fourth-order valence-electron chi connectivity index (χ4n) is 1.71. The Kier molecular flexibility index (Phi) is 5.82. The summed E-state index contributed by atoms with van der Waals surface area (Å²) in [4.78, 5) is 11.8. The standard InChI is InChI=1S/C15H24N2O3/c1-9(2)17-15(18)11(4)20-13-7-6-12(10(3)16)8-14(13)19-5/h6-11H,16H2,1-5H3,(H,17,18). The van der Waals surface area contributed by atoms with Gasteiger partial charge in [0, 0.05) is 12.1 Å². The minimum Gasteiger partial charge on any atom is -0.493 e. The summed E-state index contributed by atoms with van der Waals surface area (Å²) < 4.78 is 10.9. The van der Waals surface area contributed by atoms with E-state index in [1.54, 1.807) is 20.1 Å². The third-order valence-corrected chi connectivity index (χ3v) is 2.82. The average molecular weight is 280 g/mol. The fraction of sp³-hybridized carbons (Fsp3) is 0.533. The lowest BCUT2D eigenvalue weighted by molar-refractivity contribution is -0.127. The molecule has 0 aliphatic carbocycles. The van der Waals surface area contributed by atoms with E-state index < -0.39 is 6.10 Å². The molecule has 3 N–H and O–H groups in total. The van der Waals surface area contributed by atoms with Gasteiger partial charge < -0.3 is 20.5 Å². The van der Waals surface area contributed by atoms with Crippen molar-refractivity contribution in [3.05, 3.63) is 23.8 Å². The highest BCUT2D eigenvalue weighted by Gasteiger charge is 2.18. The lowest BCUT2D eigenvalue weighted by Crippen LogP contribution is -2.40. The van der Waals surface area contributed by atoms with E-state index in [4.69, 9.17) is 15.2 Å². The van der Waals surface area contributed by atoms with Crippen LogP contribution in [0.15, 0.2) is 18.2 Å². The number of ether oxygens (including phenoxy) is 2. The van der Waals surface area contributed by atoms with E-state index in [2.05, 4.69) is 5.32 Å². The number of nitrogens with two attached hydrogens (primary N) is 1. The zero-order valence-corrected chi connectivity index (χ0v) is 12.8. The van der Waals surface area contributed by atoms with E-state index in [0.717, 1.165) is 5.56 Å². The summed E-state index contributed by atoms with van der Waals surface area (Å²) in [6.45, 7) is 7.41. The van der Waals surface area contributed by atoms with Gasteiger partial charge in [0.05, 0.1) is 7.11 Å². The van der Waals surface area contributed by atoms with Crippen molar-refractivity contribution in [3.8, 4) is 11.5 Å². The first-order valence-corrected chi connectivity index (χ1v) is 6.75. The molecule has 0 aliphatic heterocycles. The molecular formula is C15H24N2O3. The van der Waals surface area contributed by atoms with Crippen molar-refractivity contribution in [2.45, 2.75) is 45.9 Å². The van der Waals surface area contributed by atoms with Crippen molar-refractivity contribution < 1.29 is 14.3 Å². The number of benzene rings is 1. The predicted octanol–water partition coefficient (Wildman–Crippen LogP) is 2.01. The number of hydrogen-bond donors (Lipinski definition) is 2. The minimum absolute atomic E-state index is 0.0795. The van der Waals surface area contributed by atoms with E-state index in [1.807, 2.05) is 32.9 Å². The van der Waals surface area contributed by atoms with E-state index in [1.165, 1.54) is 0 Å². The molecule has 0 aliphatic rings. The molecule has 5 heteroatoms. The van der Waals surface area contributed by atoms with Gasteiger partial charge in [0.1, 0.15) is 0 Å². The zero-order valence-electron chi connectivity index (χ0n) is 12.8. The number of methoxy groups -OCH3 is 1. The highest BCUT2D eigenvalue weighted by molar-refractivity contribution is 5.81. The van der Waals surface area contributed by atoms with Crippen LogP contribution in [0.25, 0.3) is 0 Å². The molecule has 1 rings (SSSR count). The summed E-state index contributed by atoms with van der Waals surface area (Å²) in [6, 6.07) is 5.47. The van der Waals surface area contributed by atoms with Crippen LogP contribution in [0.4, 0.5) is 0 Å². The molecule has 0 fully saturated rings. The first-order valence-electron chi connectivity index (χ1n) is 6.75. The van der Waals surface area contributed by atoms with Gasteiger partial charge in [-0.1, -0.05) is 6.07 Å². The molecule has 1 aromatic carbocycles. The summed E-state index contributed by atoms with van der Waals surface area (Å²) in [5.74, 6) is 0.950. The van der Waals surface area contributed by atoms with Crippen LogP contribution in [0.2, 0.25) is 0 Å². The van der Waals surface area contributed by atoms with Crippen LogP contribution in [0.1, 0.15) is 39.3 Å². The zero-order chi connectivity index (χ0) is 15.3. The van der Waals surface area contributed by atoms with Crippen molar-refractivity contribution in [1.29, 1.82) is 0 Å². The second kappa shape index (κ2) is 7.14. The SMILES string of the molecule is COc1cc(C(C)N)ccc1OC(C)C(=O)NC(C)C. The van der Waals surface area contributed by atoms with Crippen LogP contribution in [0.3, 0.4) is 0 Å². The van der Waals surface area contributed by atoms with Gasteiger partial charge >= 0.3 is 0 Å². The largest absolute Gasteiger partial charge is 0.493 e. The van der Waals surface area contributed by atoms with Gasteiger partial charge in [0.15, 0.2) is 17.6 Å². The lowest BCUT2D eigenvalue weighted by atomic mass is 10.1. The van der Waals surface area contributed by atoms with Gasteiger partial charge in [-0.3, -0.25) is 4.79 Å². The molecule has 112 valence electrons. The number of nitrogens with one attached hydrogen (secondary N) is 1. The average Bonchev–Trinajstić information content (AvgIpc) is 2.37. The highest BCUT2D eigenvalue weighted by atomic mass is 16.5. The lowest BCUT2D eigenvalue weighted by Gasteiger charge is -2.19. The van der Waals surface area contributed by atoms with Gasteiger partial charge in [-0.05, 0) is 45.4 Å². The molecule has 0 saturated heterocycles. The molecule has 0 heterocycles. The molecule has 1 amide bonds. The molecule has 0 bridgehead atoms. The van der Waals surface area contributed by atoms with Gasteiger partial charge in [0.25, 0.3) is 5.91 Å². The summed E-state index contributed by atoms with van der Waals surface area (Å²) >= 11 is 0. The van der Waals surface area contributed by atoms with Crippen LogP contribution in [-0.2, 0) is 4.79 Å². The monoisotopic (exact) mass is 280 g/mol. The van der Waals surface area contributed by atoms with Crippen molar-refractivity contribution in [3.63, 3.8) is 0 Å². The Bertz CT molecular complexity index is 458. The van der Waals surface area contributed by atoms with E-state index >= 15 is 0 Å². The number of amides is 1. The fourth-order valence-corrected chi connectivity index (χ4v) is 1.71. The molecule has 5 nitrogen and oxygen atoms in total. The summed E-state index contributed by atoms with van der Waals surface area (Å²) in [5.41, 5.74) is 6.78. The number of hydrogen-bond acceptors (Lipinski definition) is 4. The Morgan fingerprint density at radius 2 is 1.85 bits per heavy atom. The molecular weight excluding hydrogens is 256 g/mol. The van der Waals surface area contributed by atoms with Crippen molar-refractivity contribution in [2.24, 2.45) is 5.73 Å². The van der Waals surface area contributed by atoms with E-state index in [9.17, 15) is 4.79 Å². The van der Waals surface area contributed by atoms with E-state index in [-0.39, 0.29) is 18.0 Å². The number of carbonyl (C=O) groups excluding carboxylic acids is 1. The second-order valence-corrected chi connectivity index (χ2v) is 5.12. The van der Waals surface area contributed by atoms with Crippen LogP contribution in [0.5, 0.6) is 11.5 Å².